The number of rotatable bonds is 5. The molecular weight excluding hydrogens is 340 g/mol. The number of nitriles is 1. The predicted molar refractivity (Wildman–Crippen MR) is 124 cm³/mol. The van der Waals surface area contributed by atoms with Crippen molar-refractivity contribution in [1.29, 1.82) is 5.26 Å². The summed E-state index contributed by atoms with van der Waals surface area (Å²) in [5, 5.41) is 9.35. The van der Waals surface area contributed by atoms with Gasteiger partial charge in [-0.1, -0.05) is 73.6 Å². The molecule has 2 unspecified atom stereocenters. The number of nitrogens with zero attached hydrogens (tertiary/aromatic N) is 2. The van der Waals surface area contributed by atoms with E-state index in [1.807, 2.05) is 46.0 Å². The number of allylic oxidation sites excluding steroid dienone is 6. The van der Waals surface area contributed by atoms with Crippen molar-refractivity contribution in [1.82, 2.24) is 4.98 Å². The molecule has 0 N–H and O–H groups in total. The largest absolute Gasteiger partial charge is 0.257 e. The van der Waals surface area contributed by atoms with E-state index in [0.29, 0.717) is 11.8 Å². The van der Waals surface area contributed by atoms with Gasteiger partial charge in [0.15, 0.2) is 0 Å². The second-order valence-corrected chi connectivity index (χ2v) is 7.21. The maximum absolute atomic E-state index is 9.35. The second kappa shape index (κ2) is 13.1. The summed E-state index contributed by atoms with van der Waals surface area (Å²) in [6, 6.07) is 6.45. The third-order valence-corrected chi connectivity index (χ3v) is 5.31. The number of hydrogen-bond acceptors (Lipinski definition) is 2. The summed E-state index contributed by atoms with van der Waals surface area (Å²) in [5.41, 5.74) is 4.16. The molecule has 0 saturated heterocycles. The summed E-state index contributed by atoms with van der Waals surface area (Å²) in [6.07, 6.45) is 12.5. The Hall–Kier alpha value is -2.14. The van der Waals surface area contributed by atoms with E-state index < -0.39 is 0 Å². The summed E-state index contributed by atoms with van der Waals surface area (Å²) >= 11 is 0. The van der Waals surface area contributed by atoms with E-state index in [4.69, 9.17) is 0 Å². The average molecular weight is 381 g/mol. The zero-order chi connectivity index (χ0) is 21.7. The summed E-state index contributed by atoms with van der Waals surface area (Å²) < 4.78 is 0. The highest BCUT2D eigenvalue weighted by Crippen LogP contribution is 2.48. The van der Waals surface area contributed by atoms with Crippen molar-refractivity contribution in [3.8, 4) is 6.07 Å². The van der Waals surface area contributed by atoms with Crippen LogP contribution in [0.5, 0.6) is 0 Å². The Kier molecular flexibility index (Phi) is 12.1. The van der Waals surface area contributed by atoms with Gasteiger partial charge in [0.05, 0.1) is 11.8 Å². The smallest absolute Gasteiger partial charge is 0.0988 e. The summed E-state index contributed by atoms with van der Waals surface area (Å²) in [5.74, 6) is 0.822. The van der Waals surface area contributed by atoms with E-state index in [2.05, 4.69) is 70.0 Å². The quantitative estimate of drug-likeness (QED) is 0.486. The maximum Gasteiger partial charge on any atom is 0.0988 e. The summed E-state index contributed by atoms with van der Waals surface area (Å²) in [4.78, 5) is 4.61. The standard InChI is InChI=1S/C22H28N2.2C2H6/c1-6-7-11-22(5,16(2)3)20-9-8-18(15-23)14-19(20)21-13-17(4)10-12-24-21;2*1-2/h7-8,10-14,16,20H,6,9H2,1-5H3;2*1-2H3. The van der Waals surface area contributed by atoms with E-state index in [-0.39, 0.29) is 5.41 Å². The molecule has 0 aromatic carbocycles. The van der Waals surface area contributed by atoms with Gasteiger partial charge in [-0.2, -0.15) is 5.26 Å². The normalized spacial score (nSPS) is 18.0. The minimum atomic E-state index is 0.0325. The van der Waals surface area contributed by atoms with E-state index in [1.54, 1.807) is 0 Å². The molecular formula is C26H40N2. The second-order valence-electron chi connectivity index (χ2n) is 7.21. The Bertz CT molecular complexity index is 716. The Morgan fingerprint density at radius 2 is 1.93 bits per heavy atom. The molecule has 0 fully saturated rings. The summed E-state index contributed by atoms with van der Waals surface area (Å²) in [7, 11) is 0. The highest BCUT2D eigenvalue weighted by atomic mass is 14.7. The first kappa shape index (κ1) is 25.9. The van der Waals surface area contributed by atoms with Crippen LogP contribution in [0.2, 0.25) is 0 Å². The molecule has 2 heteroatoms. The van der Waals surface area contributed by atoms with Gasteiger partial charge in [0.2, 0.25) is 0 Å². The van der Waals surface area contributed by atoms with Crippen LogP contribution < -0.4 is 0 Å². The first-order chi connectivity index (χ1) is 13.4. The molecule has 0 spiro atoms. The molecule has 2 nitrogen and oxygen atoms in total. The number of aryl methyl sites for hydroxylation is 1. The molecule has 28 heavy (non-hydrogen) atoms. The van der Waals surface area contributed by atoms with Gasteiger partial charge in [0.1, 0.15) is 0 Å². The summed E-state index contributed by atoms with van der Waals surface area (Å²) in [6.45, 7) is 19.2. The van der Waals surface area contributed by atoms with Crippen LogP contribution in [0.4, 0.5) is 0 Å². The minimum absolute atomic E-state index is 0.0325. The van der Waals surface area contributed by atoms with Gasteiger partial charge in [-0.3, -0.25) is 4.98 Å². The first-order valence-corrected chi connectivity index (χ1v) is 10.8. The van der Waals surface area contributed by atoms with Crippen LogP contribution in [0.1, 0.15) is 79.5 Å². The lowest BCUT2D eigenvalue weighted by Gasteiger charge is -2.41. The maximum atomic E-state index is 9.35. The lowest BCUT2D eigenvalue weighted by atomic mass is 9.63. The van der Waals surface area contributed by atoms with Crippen molar-refractivity contribution >= 4 is 5.57 Å². The van der Waals surface area contributed by atoms with Crippen molar-refractivity contribution in [3.63, 3.8) is 0 Å². The molecule has 0 radical (unpaired) electrons. The fourth-order valence-corrected chi connectivity index (χ4v) is 3.39. The first-order valence-electron chi connectivity index (χ1n) is 10.8. The van der Waals surface area contributed by atoms with Gasteiger partial charge in [-0.15, -0.1) is 0 Å². The van der Waals surface area contributed by atoms with Crippen molar-refractivity contribution < 1.29 is 0 Å². The molecule has 1 aromatic heterocycles. The molecule has 1 aromatic rings. The Morgan fingerprint density at radius 1 is 1.29 bits per heavy atom. The van der Waals surface area contributed by atoms with E-state index in [0.717, 1.165) is 24.1 Å². The van der Waals surface area contributed by atoms with E-state index >= 15 is 0 Å². The average Bonchev–Trinajstić information content (AvgIpc) is 2.74. The zero-order valence-electron chi connectivity index (χ0n) is 19.5. The van der Waals surface area contributed by atoms with E-state index in [9.17, 15) is 5.26 Å². The Morgan fingerprint density at radius 3 is 2.43 bits per heavy atom. The van der Waals surface area contributed by atoms with Gasteiger partial charge in [-0.05, 0) is 66.4 Å². The lowest BCUT2D eigenvalue weighted by molar-refractivity contribution is 0.221. The van der Waals surface area contributed by atoms with Gasteiger partial charge in [0, 0.05) is 11.8 Å². The Labute approximate surface area is 174 Å². The van der Waals surface area contributed by atoms with Crippen LogP contribution >= 0.6 is 0 Å². The molecule has 1 aliphatic carbocycles. The fraction of sp³-hybridized carbons (Fsp3) is 0.538. The van der Waals surface area contributed by atoms with Gasteiger partial charge in [-0.25, -0.2) is 0 Å². The van der Waals surface area contributed by atoms with Crippen LogP contribution in [0.3, 0.4) is 0 Å². The molecule has 1 heterocycles. The molecule has 154 valence electrons. The van der Waals surface area contributed by atoms with Crippen molar-refractivity contribution in [2.75, 3.05) is 0 Å². The van der Waals surface area contributed by atoms with Crippen LogP contribution in [0.25, 0.3) is 5.57 Å². The number of pyridine rings is 1. The fourth-order valence-electron chi connectivity index (χ4n) is 3.39. The van der Waals surface area contributed by atoms with Gasteiger partial charge < -0.3 is 0 Å². The lowest BCUT2D eigenvalue weighted by Crippen LogP contribution is -2.33. The molecule has 0 aliphatic heterocycles. The van der Waals surface area contributed by atoms with Crippen molar-refractivity contribution in [2.24, 2.45) is 17.3 Å². The molecule has 1 aliphatic rings. The van der Waals surface area contributed by atoms with Crippen LogP contribution in [0, 0.1) is 35.5 Å². The number of aromatic nitrogens is 1. The van der Waals surface area contributed by atoms with Crippen molar-refractivity contribution in [2.45, 2.75) is 75.2 Å². The topological polar surface area (TPSA) is 36.7 Å². The highest BCUT2D eigenvalue weighted by molar-refractivity contribution is 5.72. The third kappa shape index (κ3) is 6.48. The number of hydrogen-bond donors (Lipinski definition) is 0. The van der Waals surface area contributed by atoms with Gasteiger partial charge in [0.25, 0.3) is 0 Å². The third-order valence-electron chi connectivity index (χ3n) is 5.31. The Balaban J connectivity index is 0.00000171. The zero-order valence-corrected chi connectivity index (χ0v) is 19.5. The monoisotopic (exact) mass is 380 g/mol. The van der Waals surface area contributed by atoms with Crippen LogP contribution in [-0.4, -0.2) is 4.98 Å². The molecule has 0 saturated carbocycles. The van der Waals surface area contributed by atoms with E-state index in [1.165, 1.54) is 11.1 Å². The van der Waals surface area contributed by atoms with Gasteiger partial charge >= 0.3 is 0 Å². The molecule has 2 rings (SSSR count). The highest BCUT2D eigenvalue weighted by Gasteiger charge is 2.38. The van der Waals surface area contributed by atoms with Crippen LogP contribution in [-0.2, 0) is 0 Å². The molecule has 0 bridgehead atoms. The SMILES string of the molecule is CC.CC.CCC=CC(C)(C(C)C)C1CC=C(C#N)C=C1c1cc(C)ccn1. The van der Waals surface area contributed by atoms with Crippen LogP contribution in [0.15, 0.2) is 48.2 Å². The minimum Gasteiger partial charge on any atom is -0.257 e. The molecule has 2 atom stereocenters. The van der Waals surface area contributed by atoms with Crippen molar-refractivity contribution in [3.05, 3.63) is 59.5 Å². The molecule has 0 amide bonds. The predicted octanol–water partition coefficient (Wildman–Crippen LogP) is 7.92.